The zero-order valence-corrected chi connectivity index (χ0v) is 71.0. The van der Waals surface area contributed by atoms with Gasteiger partial charge in [0.2, 0.25) is 17.3 Å². The summed E-state index contributed by atoms with van der Waals surface area (Å²) in [5, 5.41) is 138. The average Bonchev–Trinajstić information content (AvgIpc) is 0.705. The van der Waals surface area contributed by atoms with Gasteiger partial charge < -0.3 is 103 Å². The number of aromatic hydroxyl groups is 1. The molecular formula is C86H108N12O24. The SMILES string of the molecule is CCO/N=C(\C)c1cc(N)c(OCCO/N=C(\C)c2cc(CNCC(C)(C)C)c(OCN(C)CC/C(=N\OC(C)(C)C)c3ccc(O)c4c3C[C@H]3C[C@H]5[C@H](N(C)C)C(O)=C(C(N)=O)C(=O)[C@@]5(O)C(O)=C3C4=O)c3c2C[C@H]2C[C@H]4[C@H](N(C)C)C(O)=C(C(N)=O)C(=O)[C@@]4(O)C(O)=C2C3=O)c2c1C[C@H]1C[C@H]3[C@H](N(C)C)C(O)=C(C(N)=O)C(=O)[C@@]3(O)C(O)=C1C2=O. The maximum absolute atomic E-state index is 16.2. The first kappa shape index (κ1) is 89.9. The van der Waals surface area contributed by atoms with Crippen LogP contribution in [-0.4, -0.2) is 270 Å². The fraction of sp³-hybridized carbons (Fsp3) is 0.512. The summed E-state index contributed by atoms with van der Waals surface area (Å²) in [6.45, 7) is 15.7. The number of aliphatic hydroxyl groups is 9. The standard InChI is InChI=1S/C86H108N12O24/c1-17-120-92-36(3)43-31-50(87)72(58-46(43)26-39-30-49-64(97(14)15)70(105)61(81(90)114)78(111)86(49,117)75(108)55(39)67(58)102)118-22-23-121-93-35(2)42-27-40(32-91-33-82(4,5)6)71(57-45(42)25-38-29-48-63(96(12)13)69(104)60(80(89)113)77(110)85(48,116)74(107)54(38)66(57)101)119-34-98(16)21-20-51(94-122-83(7,8)9)41-18-19-52(99)56-44(41)24-37-28-47-62(95(10)11)68(103)59(79(88)112)76(109)84(47,115)73(106)53(37)65(56)100/h18-19,27,31,37-39,47-49,62-64,91,99,103-108,115-117H,17,20-26,28-30,32-34,87H2,1-16H3,(H2,88,112)(H2,89,113)(H2,90,114)/b92-36+,93-35+,94-51+/t37-,38-,39-,47-,48-,49-,62-,63-,64-,84-,85-,86-/m0/s1. The lowest BCUT2D eigenvalue weighted by molar-refractivity contribution is -0.149. The quantitative estimate of drug-likeness (QED) is 0.0136. The molecule has 0 saturated heterocycles. The Bertz CT molecular complexity index is 5320. The molecule has 36 heteroatoms. The van der Waals surface area contributed by atoms with Gasteiger partial charge in [0.1, 0.15) is 88.3 Å². The number of primary amides is 3. The van der Waals surface area contributed by atoms with E-state index in [0.29, 0.717) is 45.6 Å². The first-order valence-electron chi connectivity index (χ1n) is 40.1. The number of carbonyl (C=O) groups excluding carboxylic acids is 9. The number of nitrogens with zero attached hydrogens (tertiary/aromatic N) is 7. The minimum Gasteiger partial charge on any atom is -0.510 e. The largest absolute Gasteiger partial charge is 0.510 e. The van der Waals surface area contributed by atoms with Crippen molar-refractivity contribution in [1.82, 2.24) is 24.9 Å². The number of fused-ring (bicyclic) bond motifs is 9. The van der Waals surface area contributed by atoms with Gasteiger partial charge in [-0.3, -0.25) is 62.8 Å². The summed E-state index contributed by atoms with van der Waals surface area (Å²) in [5.41, 5.74) is 12.0. The Morgan fingerprint density at radius 2 is 0.943 bits per heavy atom. The molecule has 19 N–H and O–H groups in total. The molecule has 9 aliphatic carbocycles. The van der Waals surface area contributed by atoms with Gasteiger partial charge in [-0.2, -0.15) is 0 Å². The van der Waals surface area contributed by atoms with Gasteiger partial charge in [0.15, 0.2) is 46.5 Å². The number of oxime groups is 3. The number of amides is 3. The predicted molar refractivity (Wildman–Crippen MR) is 441 cm³/mol. The average molecular weight is 1690 g/mol. The van der Waals surface area contributed by atoms with E-state index in [-0.39, 0.29) is 152 Å². The van der Waals surface area contributed by atoms with E-state index in [1.165, 1.54) is 69.1 Å². The van der Waals surface area contributed by atoms with Crippen LogP contribution in [0, 0.1) is 40.9 Å². The predicted octanol–water partition coefficient (Wildman–Crippen LogP) is 3.75. The molecule has 0 fully saturated rings. The first-order valence-corrected chi connectivity index (χ1v) is 40.1. The van der Waals surface area contributed by atoms with Crippen LogP contribution < -0.4 is 37.7 Å². The third-order valence-electron chi connectivity index (χ3n) is 24.7. The molecule has 656 valence electrons. The normalized spacial score (nSPS) is 26.9. The minimum atomic E-state index is -2.98. The third kappa shape index (κ3) is 14.9. The molecule has 36 nitrogen and oxygen atoms in total. The molecule has 3 aromatic carbocycles. The number of nitrogen functional groups attached to an aromatic ring is 1. The summed E-state index contributed by atoms with van der Waals surface area (Å²) in [6.07, 6.45) is -0.840. The Morgan fingerprint density at radius 3 is 1.34 bits per heavy atom. The summed E-state index contributed by atoms with van der Waals surface area (Å²) < 4.78 is 13.3. The molecule has 12 atom stereocenters. The van der Waals surface area contributed by atoms with E-state index in [2.05, 4.69) is 20.8 Å². The van der Waals surface area contributed by atoms with Crippen LogP contribution in [0.25, 0.3) is 0 Å². The fourth-order valence-corrected chi connectivity index (χ4v) is 19.4. The van der Waals surface area contributed by atoms with E-state index < -0.39 is 191 Å². The Balaban J connectivity index is 0.903. The van der Waals surface area contributed by atoms with Crippen molar-refractivity contribution in [2.45, 2.75) is 154 Å². The van der Waals surface area contributed by atoms with Crippen LogP contribution in [0.4, 0.5) is 5.69 Å². The van der Waals surface area contributed by atoms with Gasteiger partial charge >= 0.3 is 0 Å². The molecule has 0 spiro atoms. The van der Waals surface area contributed by atoms with Crippen LogP contribution in [-0.2, 0) is 69.1 Å². The molecule has 0 radical (unpaired) electrons. The number of carbonyl (C=O) groups is 9. The van der Waals surface area contributed by atoms with Crippen molar-refractivity contribution in [2.24, 2.45) is 73.6 Å². The molecule has 0 saturated carbocycles. The minimum absolute atomic E-state index is 0.00138. The van der Waals surface area contributed by atoms with Gasteiger partial charge in [-0.15, -0.1) is 0 Å². The molecule has 9 aliphatic rings. The highest BCUT2D eigenvalue weighted by atomic mass is 16.7. The maximum atomic E-state index is 16.2. The number of hydrogen-bond acceptors (Lipinski definition) is 33. The van der Waals surface area contributed by atoms with Crippen molar-refractivity contribution in [3.8, 4) is 17.2 Å². The van der Waals surface area contributed by atoms with Gasteiger partial charge in [-0.05, 0) is 194 Å². The lowest BCUT2D eigenvalue weighted by Crippen LogP contribution is -2.63. The van der Waals surface area contributed by atoms with Gasteiger partial charge in [0, 0.05) is 82.8 Å². The first-order chi connectivity index (χ1) is 56.9. The number of ketones is 6. The molecule has 0 aliphatic heterocycles. The fourth-order valence-electron chi connectivity index (χ4n) is 19.4. The van der Waals surface area contributed by atoms with Crippen molar-refractivity contribution >= 4 is 75.2 Å². The number of phenols is 1. The number of Topliss-reactive ketones (excluding diaryl/α,β-unsaturated/α-hetero) is 6. The van der Waals surface area contributed by atoms with E-state index >= 15 is 9.59 Å². The van der Waals surface area contributed by atoms with Crippen molar-refractivity contribution in [3.63, 3.8) is 0 Å². The zero-order valence-electron chi connectivity index (χ0n) is 71.0. The smallest absolute Gasteiger partial charge is 0.255 e. The Hall–Kier alpha value is -11.4. The monoisotopic (exact) mass is 1690 g/mol. The van der Waals surface area contributed by atoms with Gasteiger partial charge in [-0.25, -0.2) is 0 Å². The molecule has 3 amide bonds. The molecule has 12 rings (SSSR count). The highest BCUT2D eigenvalue weighted by molar-refractivity contribution is 6.28. The van der Waals surface area contributed by atoms with E-state index in [1.807, 2.05) is 20.8 Å². The zero-order chi connectivity index (χ0) is 90.0. The molecule has 3 aromatic rings. The Kier molecular flexibility index (Phi) is 24.1. The van der Waals surface area contributed by atoms with Crippen molar-refractivity contribution in [1.29, 1.82) is 0 Å². The van der Waals surface area contributed by atoms with Crippen molar-refractivity contribution in [3.05, 3.63) is 148 Å². The topological polar surface area (TPSA) is 568 Å². The van der Waals surface area contributed by atoms with E-state index in [0.717, 1.165) is 0 Å². The van der Waals surface area contributed by atoms with Crippen molar-refractivity contribution < 1.29 is 118 Å². The number of nitrogens with two attached hydrogens (primary N) is 4. The number of likely N-dealkylation sites (N-methyl/N-ethyl adjacent to an activating group) is 3. The number of anilines is 1. The summed E-state index contributed by atoms with van der Waals surface area (Å²) in [5.74, 6) is -24.0. The number of hydrogen-bond donors (Lipinski definition) is 15. The number of ether oxygens (including phenoxy) is 2. The molecule has 0 unspecified atom stereocenters. The van der Waals surface area contributed by atoms with Gasteiger partial charge in [0.05, 0.1) is 57.6 Å². The second kappa shape index (κ2) is 32.8. The number of nitrogens with one attached hydrogen (secondary N) is 1. The van der Waals surface area contributed by atoms with Crippen LogP contribution in [0.5, 0.6) is 17.2 Å². The van der Waals surface area contributed by atoms with Crippen molar-refractivity contribution in [2.75, 3.05) is 94.7 Å². The molecular weight excluding hydrogens is 1590 g/mol. The molecule has 0 bridgehead atoms. The van der Waals surface area contributed by atoms with Crippen LogP contribution in [0.15, 0.2) is 108 Å². The Morgan fingerprint density at radius 1 is 0.541 bits per heavy atom. The van der Waals surface area contributed by atoms with Gasteiger partial charge in [0.25, 0.3) is 17.7 Å². The van der Waals surface area contributed by atoms with Crippen LogP contribution >= 0.6 is 0 Å². The summed E-state index contributed by atoms with van der Waals surface area (Å²) in [6, 6.07) is 2.29. The summed E-state index contributed by atoms with van der Waals surface area (Å²) >= 11 is 0. The summed E-state index contributed by atoms with van der Waals surface area (Å²) in [4.78, 5) is 152. The lowest BCUT2D eigenvalue weighted by Gasteiger charge is -2.50. The highest BCUT2D eigenvalue weighted by Gasteiger charge is 2.67. The molecule has 122 heavy (non-hydrogen) atoms. The lowest BCUT2D eigenvalue weighted by atomic mass is 9.58. The third-order valence-corrected chi connectivity index (χ3v) is 24.7. The second-order valence-electron chi connectivity index (χ2n) is 35.8. The van der Waals surface area contributed by atoms with E-state index in [1.54, 1.807) is 65.6 Å². The number of benzene rings is 3. The van der Waals surface area contributed by atoms with E-state index in [4.69, 9.17) is 46.9 Å². The number of phenolic OH excluding ortho intramolecular Hbond substituents is 1. The van der Waals surface area contributed by atoms with E-state index in [9.17, 15) is 84.6 Å². The Labute approximate surface area is 703 Å². The highest BCUT2D eigenvalue weighted by Crippen LogP contribution is 2.58. The molecule has 0 aromatic heterocycles. The maximum Gasteiger partial charge on any atom is 0.255 e. The second-order valence-corrected chi connectivity index (χ2v) is 35.8. The summed E-state index contributed by atoms with van der Waals surface area (Å²) in [7, 11) is 10.8. The van der Waals surface area contributed by atoms with Crippen LogP contribution in [0.1, 0.15) is 158 Å². The van der Waals surface area contributed by atoms with Gasteiger partial charge in [-0.1, -0.05) is 36.2 Å². The van der Waals surface area contributed by atoms with Crippen LogP contribution in [0.3, 0.4) is 0 Å². The number of allylic oxidation sites excluding steroid dienone is 3. The molecule has 0 heterocycles. The number of rotatable bonds is 26. The van der Waals surface area contributed by atoms with Crippen LogP contribution in [0.2, 0.25) is 0 Å². The number of aliphatic hydroxyl groups excluding tert-OH is 6.